The van der Waals surface area contributed by atoms with Crippen molar-refractivity contribution >= 4 is 17.6 Å². The lowest BCUT2D eigenvalue weighted by atomic mass is 10.0. The van der Waals surface area contributed by atoms with Gasteiger partial charge in [0.05, 0.1) is 6.61 Å². The maximum Gasteiger partial charge on any atom is 0.321 e. The first-order chi connectivity index (χ1) is 13.1. The van der Waals surface area contributed by atoms with Crippen LogP contribution in [0.1, 0.15) is 50.5 Å². The Morgan fingerprint density at radius 2 is 1.74 bits per heavy atom. The lowest BCUT2D eigenvalue weighted by Crippen LogP contribution is -2.47. The molecule has 2 aliphatic rings. The molecule has 3 rings (SSSR count). The number of benzene rings is 1. The van der Waals surface area contributed by atoms with Gasteiger partial charge in [-0.15, -0.1) is 0 Å². The van der Waals surface area contributed by atoms with Crippen molar-refractivity contribution in [2.75, 3.05) is 25.5 Å². The Morgan fingerprint density at radius 3 is 2.37 bits per heavy atom. The number of rotatable bonds is 6. The van der Waals surface area contributed by atoms with E-state index >= 15 is 0 Å². The number of amides is 3. The van der Waals surface area contributed by atoms with Crippen LogP contribution < -0.4 is 10.6 Å². The van der Waals surface area contributed by atoms with E-state index in [2.05, 4.69) is 10.6 Å². The summed E-state index contributed by atoms with van der Waals surface area (Å²) in [7, 11) is 1.66. The Hall–Kier alpha value is -2.08. The van der Waals surface area contributed by atoms with Crippen LogP contribution in [-0.2, 0) is 16.1 Å². The lowest BCUT2D eigenvalue weighted by molar-refractivity contribution is -0.122. The van der Waals surface area contributed by atoms with Gasteiger partial charge in [0, 0.05) is 38.3 Å². The molecule has 0 spiro atoms. The zero-order valence-electron chi connectivity index (χ0n) is 16.2. The second-order valence-corrected chi connectivity index (χ2v) is 7.74. The van der Waals surface area contributed by atoms with Crippen molar-refractivity contribution in [1.29, 1.82) is 0 Å². The summed E-state index contributed by atoms with van der Waals surface area (Å²) >= 11 is 0. The average Bonchev–Trinajstić information content (AvgIpc) is 3.17. The molecule has 2 N–H and O–H groups in total. The zero-order chi connectivity index (χ0) is 19.1. The fourth-order valence-corrected chi connectivity index (χ4v) is 4.04. The smallest absolute Gasteiger partial charge is 0.321 e. The van der Waals surface area contributed by atoms with Crippen LogP contribution in [0.4, 0.5) is 10.5 Å². The monoisotopic (exact) mass is 373 g/mol. The number of urea groups is 1. The van der Waals surface area contributed by atoms with Crippen molar-refractivity contribution in [1.82, 2.24) is 10.2 Å². The molecule has 1 aromatic carbocycles. The molecule has 3 amide bonds. The average molecular weight is 373 g/mol. The Morgan fingerprint density at radius 1 is 1.07 bits per heavy atom. The number of hydrogen-bond donors (Lipinski definition) is 2. The van der Waals surface area contributed by atoms with Crippen LogP contribution in [0.3, 0.4) is 0 Å². The number of methoxy groups -OCH3 is 1. The molecule has 0 atom stereocenters. The number of carbonyl (C=O) groups excluding carboxylic acids is 2. The van der Waals surface area contributed by atoms with Gasteiger partial charge in [0.2, 0.25) is 5.91 Å². The summed E-state index contributed by atoms with van der Waals surface area (Å²) < 4.78 is 5.09. The summed E-state index contributed by atoms with van der Waals surface area (Å²) in [6.07, 6.45) is 7.21. The van der Waals surface area contributed by atoms with Gasteiger partial charge in [0.1, 0.15) is 0 Å². The van der Waals surface area contributed by atoms with Gasteiger partial charge in [-0.1, -0.05) is 25.0 Å². The fraction of sp³-hybridized carbons (Fsp3) is 0.619. The highest BCUT2D eigenvalue weighted by Crippen LogP contribution is 2.27. The summed E-state index contributed by atoms with van der Waals surface area (Å²) in [5.74, 6) is 0.757. The zero-order valence-corrected chi connectivity index (χ0v) is 16.2. The Bertz CT molecular complexity index is 618. The topological polar surface area (TPSA) is 70.7 Å². The summed E-state index contributed by atoms with van der Waals surface area (Å²) in [5, 5.41) is 6.11. The minimum atomic E-state index is -0.0785. The number of anilines is 1. The van der Waals surface area contributed by atoms with Gasteiger partial charge in [-0.25, -0.2) is 4.79 Å². The number of ether oxygens (including phenoxy) is 1. The molecule has 2 fully saturated rings. The number of hydrogen-bond acceptors (Lipinski definition) is 3. The Balaban J connectivity index is 1.38. The van der Waals surface area contributed by atoms with Gasteiger partial charge in [-0.3, -0.25) is 4.79 Å². The van der Waals surface area contributed by atoms with Gasteiger partial charge < -0.3 is 20.3 Å². The summed E-state index contributed by atoms with van der Waals surface area (Å²) in [6, 6.07) is 7.79. The van der Waals surface area contributed by atoms with Gasteiger partial charge in [-0.2, -0.15) is 0 Å². The molecule has 0 aromatic heterocycles. The van der Waals surface area contributed by atoms with E-state index in [1.165, 1.54) is 25.7 Å². The molecule has 1 aliphatic carbocycles. The number of nitrogens with one attached hydrogen (secondary N) is 2. The van der Waals surface area contributed by atoms with Crippen molar-refractivity contribution in [3.05, 3.63) is 29.8 Å². The normalized spacial score (nSPS) is 18.5. The van der Waals surface area contributed by atoms with Crippen molar-refractivity contribution in [3.63, 3.8) is 0 Å². The molecular weight excluding hydrogens is 342 g/mol. The predicted octanol–water partition coefficient (Wildman–Crippen LogP) is 3.53. The van der Waals surface area contributed by atoms with Crippen LogP contribution in [0, 0.1) is 5.92 Å². The van der Waals surface area contributed by atoms with Crippen LogP contribution in [0.5, 0.6) is 0 Å². The highest BCUT2D eigenvalue weighted by atomic mass is 16.5. The maximum absolute atomic E-state index is 12.4. The number of carbonyl (C=O) groups is 2. The fourth-order valence-electron chi connectivity index (χ4n) is 4.04. The van der Waals surface area contributed by atoms with Crippen molar-refractivity contribution in [2.24, 2.45) is 5.92 Å². The standard InChI is InChI=1S/C21H31N3O3/c1-27-15-17-6-8-18(9-7-17)23-21(26)24-12-10-19(11-13-24)22-20(25)14-16-4-2-3-5-16/h6-9,16,19H,2-5,10-15H2,1H3,(H,22,25)(H,23,26). The molecule has 6 nitrogen and oxygen atoms in total. The largest absolute Gasteiger partial charge is 0.380 e. The molecule has 1 heterocycles. The van der Waals surface area contributed by atoms with E-state index < -0.39 is 0 Å². The SMILES string of the molecule is COCc1ccc(NC(=O)N2CCC(NC(=O)CC3CCCC3)CC2)cc1. The van der Waals surface area contributed by atoms with Gasteiger partial charge in [-0.05, 0) is 49.3 Å². The van der Waals surface area contributed by atoms with E-state index in [-0.39, 0.29) is 18.0 Å². The van der Waals surface area contributed by atoms with Crippen molar-refractivity contribution in [3.8, 4) is 0 Å². The third kappa shape index (κ3) is 5.96. The van der Waals surface area contributed by atoms with E-state index in [1.807, 2.05) is 29.2 Å². The third-order valence-corrected chi connectivity index (χ3v) is 5.61. The second-order valence-electron chi connectivity index (χ2n) is 7.74. The van der Waals surface area contributed by atoms with Crippen molar-refractivity contribution < 1.29 is 14.3 Å². The molecule has 0 unspecified atom stereocenters. The minimum absolute atomic E-state index is 0.0785. The van der Waals surface area contributed by atoms with Gasteiger partial charge in [0.15, 0.2) is 0 Å². The minimum Gasteiger partial charge on any atom is -0.380 e. The maximum atomic E-state index is 12.4. The third-order valence-electron chi connectivity index (χ3n) is 5.61. The molecule has 148 valence electrons. The Kier molecular flexibility index (Phi) is 7.10. The first kappa shape index (κ1) is 19.7. The summed E-state index contributed by atoms with van der Waals surface area (Å²) in [5.41, 5.74) is 1.86. The molecule has 0 radical (unpaired) electrons. The van der Waals surface area contributed by atoms with Gasteiger partial charge in [0.25, 0.3) is 0 Å². The molecule has 6 heteroatoms. The van der Waals surface area contributed by atoms with Crippen molar-refractivity contribution in [2.45, 2.75) is 57.6 Å². The van der Waals surface area contributed by atoms with Crippen LogP contribution in [0.25, 0.3) is 0 Å². The van der Waals surface area contributed by atoms with E-state index in [0.29, 0.717) is 32.0 Å². The second kappa shape index (κ2) is 9.74. The van der Waals surface area contributed by atoms with E-state index in [0.717, 1.165) is 24.1 Å². The summed E-state index contributed by atoms with van der Waals surface area (Å²) in [6.45, 7) is 1.90. The molecule has 1 aromatic rings. The highest BCUT2D eigenvalue weighted by Gasteiger charge is 2.25. The van der Waals surface area contributed by atoms with Crippen LogP contribution >= 0.6 is 0 Å². The molecule has 0 bridgehead atoms. The number of nitrogens with zero attached hydrogens (tertiary/aromatic N) is 1. The molecule has 27 heavy (non-hydrogen) atoms. The number of piperidine rings is 1. The van der Waals surface area contributed by atoms with E-state index in [9.17, 15) is 9.59 Å². The van der Waals surface area contributed by atoms with E-state index in [1.54, 1.807) is 7.11 Å². The van der Waals surface area contributed by atoms with Crippen LogP contribution in [-0.4, -0.2) is 43.1 Å². The first-order valence-corrected chi connectivity index (χ1v) is 10.1. The molecule has 1 saturated heterocycles. The molecular formula is C21H31N3O3. The quantitative estimate of drug-likeness (QED) is 0.801. The van der Waals surface area contributed by atoms with Gasteiger partial charge >= 0.3 is 6.03 Å². The highest BCUT2D eigenvalue weighted by molar-refractivity contribution is 5.89. The molecule has 1 saturated carbocycles. The lowest BCUT2D eigenvalue weighted by Gasteiger charge is -2.32. The van der Waals surface area contributed by atoms with Crippen LogP contribution in [0.2, 0.25) is 0 Å². The first-order valence-electron chi connectivity index (χ1n) is 10.1. The number of likely N-dealkylation sites (tertiary alicyclic amines) is 1. The predicted molar refractivity (Wildman–Crippen MR) is 105 cm³/mol. The molecule has 1 aliphatic heterocycles. The summed E-state index contributed by atoms with van der Waals surface area (Å²) in [4.78, 5) is 26.4. The van der Waals surface area contributed by atoms with E-state index in [4.69, 9.17) is 4.74 Å². The Labute approximate surface area is 161 Å². The van der Waals surface area contributed by atoms with Crippen LogP contribution in [0.15, 0.2) is 24.3 Å².